The van der Waals surface area contributed by atoms with E-state index in [1.54, 1.807) is 11.4 Å². The molecule has 0 bridgehead atoms. The van der Waals surface area contributed by atoms with Gasteiger partial charge in [0, 0.05) is 24.5 Å². The smallest absolute Gasteiger partial charge is 0.161 e. The highest BCUT2D eigenvalue weighted by Gasteiger charge is 2.08. The van der Waals surface area contributed by atoms with Gasteiger partial charge in [-0.3, -0.25) is 0 Å². The van der Waals surface area contributed by atoms with Crippen molar-refractivity contribution < 1.29 is 9.47 Å². The molecular weight excluding hydrogens is 239 g/mol. The van der Waals surface area contributed by atoms with Gasteiger partial charge >= 0.3 is 0 Å². The van der Waals surface area contributed by atoms with Crippen LogP contribution >= 0.6 is 19.8 Å². The predicted molar refractivity (Wildman–Crippen MR) is 72.8 cm³/mol. The molecule has 0 aliphatic rings. The van der Waals surface area contributed by atoms with Crippen LogP contribution in [0, 0.1) is 0 Å². The van der Waals surface area contributed by atoms with E-state index in [0.717, 1.165) is 6.42 Å². The lowest BCUT2D eigenvalue weighted by Crippen LogP contribution is -2.20. The van der Waals surface area contributed by atoms with E-state index in [0.29, 0.717) is 13.2 Å². The second kappa shape index (κ2) is 8.08. The Morgan fingerprint density at radius 1 is 1.12 bits per heavy atom. The van der Waals surface area contributed by atoms with Crippen LogP contribution in [-0.2, 0) is 15.9 Å². The number of hydrogen-bond acceptors (Lipinski definition) is 3. The standard InChI is InChI=1S/C12H19O2PS/c1-3-13-12(14-4-2)9-10-5-7-11(16-15)8-6-10/h5-8,12H,3-4,9,15H2,1-2H3. The lowest BCUT2D eigenvalue weighted by molar-refractivity contribution is -0.134. The summed E-state index contributed by atoms with van der Waals surface area (Å²) in [6.45, 7) is 5.34. The van der Waals surface area contributed by atoms with Crippen LogP contribution in [0.1, 0.15) is 19.4 Å². The molecular formula is C12H19O2PS. The Balaban J connectivity index is 2.54. The van der Waals surface area contributed by atoms with E-state index in [4.69, 9.17) is 9.47 Å². The van der Waals surface area contributed by atoms with E-state index in [-0.39, 0.29) is 6.29 Å². The van der Waals surface area contributed by atoms with Crippen LogP contribution < -0.4 is 0 Å². The minimum Gasteiger partial charge on any atom is -0.353 e. The van der Waals surface area contributed by atoms with E-state index >= 15 is 0 Å². The lowest BCUT2D eigenvalue weighted by Gasteiger charge is -2.16. The van der Waals surface area contributed by atoms with Gasteiger partial charge in [-0.2, -0.15) is 0 Å². The first kappa shape index (κ1) is 14.0. The maximum Gasteiger partial charge on any atom is 0.161 e. The van der Waals surface area contributed by atoms with Crippen LogP contribution in [0.15, 0.2) is 29.2 Å². The third-order valence-corrected chi connectivity index (χ3v) is 3.53. The zero-order valence-electron chi connectivity index (χ0n) is 9.81. The molecule has 0 radical (unpaired) electrons. The van der Waals surface area contributed by atoms with Crippen LogP contribution in [0.3, 0.4) is 0 Å². The van der Waals surface area contributed by atoms with Gasteiger partial charge in [0.25, 0.3) is 0 Å². The molecule has 1 atom stereocenters. The summed E-state index contributed by atoms with van der Waals surface area (Å²) in [5.74, 6) is 0. The molecule has 1 aromatic carbocycles. The fourth-order valence-corrected chi connectivity index (χ4v) is 2.20. The van der Waals surface area contributed by atoms with Gasteiger partial charge in [0.2, 0.25) is 0 Å². The summed E-state index contributed by atoms with van der Waals surface area (Å²) in [6, 6.07) is 8.47. The molecule has 0 aliphatic carbocycles. The molecule has 4 heteroatoms. The molecule has 0 saturated carbocycles. The van der Waals surface area contributed by atoms with E-state index in [9.17, 15) is 0 Å². The van der Waals surface area contributed by atoms with E-state index < -0.39 is 0 Å². The van der Waals surface area contributed by atoms with E-state index in [2.05, 4.69) is 32.7 Å². The second-order valence-electron chi connectivity index (χ2n) is 3.31. The fraction of sp³-hybridized carbons (Fsp3) is 0.500. The molecule has 0 N–H and O–H groups in total. The third kappa shape index (κ3) is 4.84. The molecule has 1 rings (SSSR count). The molecule has 0 amide bonds. The van der Waals surface area contributed by atoms with Crippen LogP contribution in [0.25, 0.3) is 0 Å². The summed E-state index contributed by atoms with van der Waals surface area (Å²) in [5, 5.41) is 0. The normalized spacial score (nSPS) is 11.0. The quantitative estimate of drug-likeness (QED) is 0.551. The SMILES string of the molecule is CCOC(Cc1ccc(SP)cc1)OCC. The minimum absolute atomic E-state index is 0.121. The van der Waals surface area contributed by atoms with Crippen molar-refractivity contribution in [2.24, 2.45) is 0 Å². The number of ether oxygens (including phenoxy) is 2. The minimum atomic E-state index is -0.121. The van der Waals surface area contributed by atoms with Gasteiger partial charge in [-0.05, 0) is 31.5 Å². The summed E-state index contributed by atoms with van der Waals surface area (Å²) in [4.78, 5) is 1.25. The Labute approximate surface area is 104 Å². The first-order valence-corrected chi connectivity index (χ1v) is 7.78. The molecule has 2 nitrogen and oxygen atoms in total. The highest BCUT2D eigenvalue weighted by atomic mass is 32.7. The molecule has 90 valence electrons. The largest absolute Gasteiger partial charge is 0.353 e. The van der Waals surface area contributed by atoms with Crippen LogP contribution in [0.5, 0.6) is 0 Å². The summed E-state index contributed by atoms with van der Waals surface area (Å²) in [5.41, 5.74) is 1.25. The van der Waals surface area contributed by atoms with E-state index in [1.165, 1.54) is 10.5 Å². The molecule has 1 unspecified atom stereocenters. The molecule has 0 aliphatic heterocycles. The Morgan fingerprint density at radius 3 is 2.12 bits per heavy atom. The summed E-state index contributed by atoms with van der Waals surface area (Å²) in [7, 11) is 2.65. The average molecular weight is 258 g/mol. The zero-order chi connectivity index (χ0) is 11.8. The van der Waals surface area contributed by atoms with E-state index in [1.807, 2.05) is 13.8 Å². The predicted octanol–water partition coefficient (Wildman–Crippen LogP) is 3.51. The molecule has 0 aromatic heterocycles. The molecule has 0 fully saturated rings. The third-order valence-electron chi connectivity index (χ3n) is 2.17. The van der Waals surface area contributed by atoms with Crippen molar-refractivity contribution in [2.75, 3.05) is 13.2 Å². The zero-order valence-corrected chi connectivity index (χ0v) is 11.8. The maximum absolute atomic E-state index is 5.51. The Hall–Kier alpha value is -0.0800. The summed E-state index contributed by atoms with van der Waals surface area (Å²) in [6.07, 6.45) is 0.688. The van der Waals surface area contributed by atoms with Gasteiger partial charge < -0.3 is 9.47 Å². The maximum atomic E-state index is 5.51. The fourth-order valence-electron chi connectivity index (χ4n) is 1.43. The average Bonchev–Trinajstić information content (AvgIpc) is 2.31. The van der Waals surface area contributed by atoms with Crippen molar-refractivity contribution >= 4 is 19.8 Å². The molecule has 0 spiro atoms. The Bertz CT molecular complexity index is 284. The van der Waals surface area contributed by atoms with Gasteiger partial charge in [-0.1, -0.05) is 20.6 Å². The molecule has 0 saturated heterocycles. The number of benzene rings is 1. The second-order valence-corrected chi connectivity index (χ2v) is 4.72. The van der Waals surface area contributed by atoms with Crippen molar-refractivity contribution in [3.05, 3.63) is 29.8 Å². The van der Waals surface area contributed by atoms with Crippen molar-refractivity contribution in [3.63, 3.8) is 0 Å². The van der Waals surface area contributed by atoms with Crippen LogP contribution in [0.2, 0.25) is 0 Å². The summed E-state index contributed by atoms with van der Waals surface area (Å²) >= 11 is 1.67. The van der Waals surface area contributed by atoms with Gasteiger partial charge in [-0.25, -0.2) is 0 Å². The van der Waals surface area contributed by atoms with Crippen LogP contribution in [-0.4, -0.2) is 19.5 Å². The highest BCUT2D eigenvalue weighted by molar-refractivity contribution is 8.43. The highest BCUT2D eigenvalue weighted by Crippen LogP contribution is 2.24. The molecule has 1 aromatic rings. The Morgan fingerprint density at radius 2 is 1.69 bits per heavy atom. The number of rotatable bonds is 7. The lowest BCUT2D eigenvalue weighted by atomic mass is 10.1. The Kier molecular flexibility index (Phi) is 7.06. The van der Waals surface area contributed by atoms with Crippen molar-refractivity contribution in [3.8, 4) is 0 Å². The topological polar surface area (TPSA) is 18.5 Å². The van der Waals surface area contributed by atoms with Gasteiger partial charge in [0.1, 0.15) is 0 Å². The molecule has 16 heavy (non-hydrogen) atoms. The monoisotopic (exact) mass is 258 g/mol. The van der Waals surface area contributed by atoms with Gasteiger partial charge in [0.05, 0.1) is 0 Å². The molecule has 0 heterocycles. The number of hydrogen-bond donors (Lipinski definition) is 0. The van der Waals surface area contributed by atoms with Gasteiger partial charge in [-0.15, -0.1) is 11.4 Å². The summed E-state index contributed by atoms with van der Waals surface area (Å²) < 4.78 is 11.0. The van der Waals surface area contributed by atoms with Crippen molar-refractivity contribution in [1.82, 2.24) is 0 Å². The first-order valence-electron chi connectivity index (χ1n) is 5.49. The first-order chi connectivity index (χ1) is 7.80. The van der Waals surface area contributed by atoms with Crippen molar-refractivity contribution in [2.45, 2.75) is 31.5 Å². The van der Waals surface area contributed by atoms with Crippen LogP contribution in [0.4, 0.5) is 0 Å². The van der Waals surface area contributed by atoms with Gasteiger partial charge in [0.15, 0.2) is 6.29 Å². The van der Waals surface area contributed by atoms with Crippen molar-refractivity contribution in [1.29, 1.82) is 0 Å².